The normalized spacial score (nSPS) is 15.5. The van der Waals surface area contributed by atoms with Crippen molar-refractivity contribution in [3.05, 3.63) is 108 Å². The van der Waals surface area contributed by atoms with Crippen LogP contribution in [-0.2, 0) is 10.2 Å². The number of anilines is 1. The van der Waals surface area contributed by atoms with Crippen LogP contribution >= 0.6 is 0 Å². The Kier molecular flexibility index (Phi) is 9.18. The number of rotatable bonds is 10. The molecule has 1 aliphatic rings. The molecule has 1 unspecified atom stereocenters. The molecule has 42 heavy (non-hydrogen) atoms. The van der Waals surface area contributed by atoms with Crippen LogP contribution in [0.25, 0.3) is 10.9 Å². The van der Waals surface area contributed by atoms with Gasteiger partial charge in [0.1, 0.15) is 5.41 Å². The molecule has 1 aliphatic heterocycles. The number of fused-ring (bicyclic) bond motifs is 1. The van der Waals surface area contributed by atoms with Gasteiger partial charge in [-0.25, -0.2) is 4.79 Å². The Morgan fingerprint density at radius 2 is 1.55 bits per heavy atom. The second-order valence-electron chi connectivity index (χ2n) is 11.1. The fourth-order valence-corrected chi connectivity index (χ4v) is 6.27. The Hall–Kier alpha value is -4.23. The third kappa shape index (κ3) is 6.16. The smallest absolute Gasteiger partial charge is 0.319 e. The first kappa shape index (κ1) is 29.3. The van der Waals surface area contributed by atoms with Crippen LogP contribution in [-0.4, -0.2) is 65.5 Å². The van der Waals surface area contributed by atoms with Gasteiger partial charge in [-0.1, -0.05) is 78.9 Å². The van der Waals surface area contributed by atoms with E-state index in [1.165, 1.54) is 0 Å². The highest BCUT2D eigenvalue weighted by molar-refractivity contribution is 6.00. The van der Waals surface area contributed by atoms with Gasteiger partial charge < -0.3 is 20.4 Å². The van der Waals surface area contributed by atoms with E-state index in [1.807, 2.05) is 92.4 Å². The summed E-state index contributed by atoms with van der Waals surface area (Å²) in [6, 6.07) is 29.9. The molecule has 0 aliphatic carbocycles. The second kappa shape index (κ2) is 13.2. The van der Waals surface area contributed by atoms with E-state index in [0.29, 0.717) is 19.5 Å². The first-order chi connectivity index (χ1) is 20.4. The van der Waals surface area contributed by atoms with Crippen molar-refractivity contribution in [2.75, 3.05) is 38.0 Å². The van der Waals surface area contributed by atoms with Crippen LogP contribution in [0.2, 0.25) is 0 Å². The van der Waals surface area contributed by atoms with E-state index in [4.69, 9.17) is 0 Å². The van der Waals surface area contributed by atoms with E-state index in [2.05, 4.69) is 44.8 Å². The maximum atomic E-state index is 14.4. The van der Waals surface area contributed by atoms with Gasteiger partial charge in [-0.2, -0.15) is 0 Å². The average molecular weight is 564 g/mol. The SMILES string of the molecule is CCN(CC)C(=O)C(CCN1CCC(NC(=O)Nc2cc(C)nc3ccccc23)C1)(c1ccccc1)c1ccccc1. The fourth-order valence-electron chi connectivity index (χ4n) is 6.27. The molecule has 0 spiro atoms. The van der Waals surface area contributed by atoms with E-state index >= 15 is 0 Å². The predicted molar refractivity (Wildman–Crippen MR) is 170 cm³/mol. The summed E-state index contributed by atoms with van der Waals surface area (Å²) < 4.78 is 0. The minimum absolute atomic E-state index is 0.0283. The third-order valence-corrected chi connectivity index (χ3v) is 8.45. The first-order valence-electron chi connectivity index (χ1n) is 15.0. The maximum absolute atomic E-state index is 14.4. The lowest BCUT2D eigenvalue weighted by molar-refractivity contribution is -0.136. The number of urea groups is 1. The minimum atomic E-state index is -0.794. The molecular formula is C35H41N5O2. The number of pyridine rings is 1. The highest BCUT2D eigenvalue weighted by Gasteiger charge is 2.44. The number of aromatic nitrogens is 1. The van der Waals surface area contributed by atoms with E-state index < -0.39 is 5.41 Å². The second-order valence-corrected chi connectivity index (χ2v) is 11.1. The lowest BCUT2D eigenvalue weighted by atomic mass is 9.70. The van der Waals surface area contributed by atoms with Gasteiger partial charge in [0, 0.05) is 43.3 Å². The van der Waals surface area contributed by atoms with Gasteiger partial charge >= 0.3 is 6.03 Å². The topological polar surface area (TPSA) is 77.6 Å². The fraction of sp³-hybridized carbons (Fsp3) is 0.343. The summed E-state index contributed by atoms with van der Waals surface area (Å²) in [7, 11) is 0. The van der Waals surface area contributed by atoms with Crippen LogP contribution in [0.1, 0.15) is 43.5 Å². The molecular weight excluding hydrogens is 522 g/mol. The number of amides is 3. The minimum Gasteiger partial charge on any atom is -0.342 e. The number of hydrogen-bond donors (Lipinski definition) is 2. The number of benzene rings is 3. The van der Waals surface area contributed by atoms with Crippen molar-refractivity contribution in [2.45, 2.75) is 45.1 Å². The van der Waals surface area contributed by atoms with Crippen LogP contribution in [0, 0.1) is 6.92 Å². The van der Waals surface area contributed by atoms with Crippen molar-refractivity contribution in [1.82, 2.24) is 20.1 Å². The summed E-state index contributed by atoms with van der Waals surface area (Å²) in [5.41, 5.74) is 3.71. The lowest BCUT2D eigenvalue weighted by Crippen LogP contribution is -2.49. The van der Waals surface area contributed by atoms with Crippen LogP contribution in [0.3, 0.4) is 0 Å². The Morgan fingerprint density at radius 3 is 2.19 bits per heavy atom. The zero-order valence-corrected chi connectivity index (χ0v) is 24.8. The predicted octanol–water partition coefficient (Wildman–Crippen LogP) is 5.98. The number of carbonyl (C=O) groups is 2. The highest BCUT2D eigenvalue weighted by atomic mass is 16.2. The van der Waals surface area contributed by atoms with Gasteiger partial charge in [0.05, 0.1) is 11.2 Å². The summed E-state index contributed by atoms with van der Waals surface area (Å²) in [4.78, 5) is 36.3. The number of likely N-dealkylation sites (tertiary alicyclic amines) is 1. The van der Waals surface area contributed by atoms with Crippen molar-refractivity contribution in [3.8, 4) is 0 Å². The van der Waals surface area contributed by atoms with Crippen molar-refractivity contribution < 1.29 is 9.59 Å². The molecule has 0 radical (unpaired) electrons. The molecule has 3 amide bonds. The Labute approximate surface area is 248 Å². The van der Waals surface area contributed by atoms with Crippen molar-refractivity contribution in [3.63, 3.8) is 0 Å². The molecule has 1 fully saturated rings. The Morgan fingerprint density at radius 1 is 0.929 bits per heavy atom. The van der Waals surface area contributed by atoms with Crippen molar-refractivity contribution >= 4 is 28.5 Å². The van der Waals surface area contributed by atoms with E-state index in [-0.39, 0.29) is 18.0 Å². The van der Waals surface area contributed by atoms with Gasteiger partial charge in [0.25, 0.3) is 0 Å². The van der Waals surface area contributed by atoms with Gasteiger partial charge in [0.15, 0.2) is 0 Å². The number of carbonyl (C=O) groups excluding carboxylic acids is 2. The lowest BCUT2D eigenvalue weighted by Gasteiger charge is -2.39. The molecule has 1 aromatic heterocycles. The quantitative estimate of drug-likeness (QED) is 0.249. The summed E-state index contributed by atoms with van der Waals surface area (Å²) in [6.07, 6.45) is 1.51. The summed E-state index contributed by atoms with van der Waals surface area (Å²) in [5, 5.41) is 7.14. The summed E-state index contributed by atoms with van der Waals surface area (Å²) in [6.45, 7) is 9.68. The number of nitrogens with zero attached hydrogens (tertiary/aromatic N) is 3. The zero-order chi connectivity index (χ0) is 29.5. The number of aryl methyl sites for hydroxylation is 1. The summed E-state index contributed by atoms with van der Waals surface area (Å²) >= 11 is 0. The molecule has 1 atom stereocenters. The molecule has 218 valence electrons. The molecule has 7 heteroatoms. The number of nitrogens with one attached hydrogen (secondary N) is 2. The van der Waals surface area contributed by atoms with Crippen molar-refractivity contribution in [1.29, 1.82) is 0 Å². The van der Waals surface area contributed by atoms with E-state index in [9.17, 15) is 9.59 Å². The van der Waals surface area contributed by atoms with Gasteiger partial charge in [-0.3, -0.25) is 9.78 Å². The molecule has 3 aromatic carbocycles. The largest absolute Gasteiger partial charge is 0.342 e. The number of likely N-dealkylation sites (N-methyl/N-ethyl adjacent to an activating group) is 1. The molecule has 1 saturated heterocycles. The van der Waals surface area contributed by atoms with Gasteiger partial charge in [-0.15, -0.1) is 0 Å². The van der Waals surface area contributed by atoms with Crippen LogP contribution in [0.5, 0.6) is 0 Å². The van der Waals surface area contributed by atoms with Gasteiger partial charge in [-0.05, 0) is 63.4 Å². The molecule has 7 nitrogen and oxygen atoms in total. The first-order valence-corrected chi connectivity index (χ1v) is 15.0. The van der Waals surface area contributed by atoms with Gasteiger partial charge in [0.2, 0.25) is 5.91 Å². The highest BCUT2D eigenvalue weighted by Crippen LogP contribution is 2.38. The molecule has 4 aromatic rings. The number of para-hydroxylation sites is 1. The molecule has 0 bridgehead atoms. The molecule has 5 rings (SSSR count). The van der Waals surface area contributed by atoms with Crippen LogP contribution in [0.4, 0.5) is 10.5 Å². The number of hydrogen-bond acceptors (Lipinski definition) is 4. The van der Waals surface area contributed by atoms with Crippen molar-refractivity contribution in [2.24, 2.45) is 0 Å². The van der Waals surface area contributed by atoms with E-state index in [1.54, 1.807) is 0 Å². The summed E-state index contributed by atoms with van der Waals surface area (Å²) in [5.74, 6) is 0.137. The van der Waals surface area contributed by atoms with E-state index in [0.717, 1.165) is 59.5 Å². The molecule has 2 heterocycles. The molecule has 0 saturated carbocycles. The Bertz CT molecular complexity index is 1460. The average Bonchev–Trinajstić information content (AvgIpc) is 3.46. The maximum Gasteiger partial charge on any atom is 0.319 e. The zero-order valence-electron chi connectivity index (χ0n) is 24.8. The standard InChI is InChI=1S/C35H41N5O2/c1-4-40(5-2)33(41)35(27-14-8-6-9-15-27,28-16-10-7-11-17-28)21-23-39-22-20-29(25-39)37-34(42)38-32-24-26(3)36-31-19-13-12-18-30(31)32/h6-19,24,29H,4-5,20-23,25H2,1-3H3,(H2,36,37,38,42). The van der Waals surface area contributed by atoms with Crippen LogP contribution in [0.15, 0.2) is 91.0 Å². The third-order valence-electron chi connectivity index (χ3n) is 8.45. The van der Waals surface area contributed by atoms with Crippen LogP contribution < -0.4 is 10.6 Å². The molecule has 2 N–H and O–H groups in total. The Balaban J connectivity index is 1.31. The monoisotopic (exact) mass is 563 g/mol.